The molecule has 0 aliphatic rings. The summed E-state index contributed by atoms with van der Waals surface area (Å²) in [6.07, 6.45) is 2.14. The lowest BCUT2D eigenvalue weighted by molar-refractivity contribution is 0.0601. The average molecular weight is 525 g/mol. The van der Waals surface area contributed by atoms with Gasteiger partial charge >= 0.3 is 5.97 Å². The molecule has 1 heterocycles. The summed E-state index contributed by atoms with van der Waals surface area (Å²) >= 11 is 3.44. The van der Waals surface area contributed by atoms with Gasteiger partial charge in [-0.2, -0.15) is 0 Å². The molecule has 0 spiro atoms. The van der Waals surface area contributed by atoms with Crippen LogP contribution in [0.3, 0.4) is 0 Å². The van der Waals surface area contributed by atoms with Crippen molar-refractivity contribution in [2.45, 2.75) is 6.42 Å². The fraction of sp³-hybridized carbons (Fsp3) is 0.0667. The number of esters is 1. The Balaban J connectivity index is 1.74. The standard InChI is InChI=1S/C30H21BrO4/c1-34-30(33)25-14-15-35-29(25)23-17-22-9-5-8-21(16-19-6-3-2-4-7-19)27(22)26(18-23)28(32)20-10-12-24(31)13-11-20/h2-15,17-18H,16H2,1H3. The Hall–Kier alpha value is -3.96. The van der Waals surface area contributed by atoms with Crippen LogP contribution in [0, 0.1) is 0 Å². The molecule has 5 aromatic rings. The van der Waals surface area contributed by atoms with E-state index < -0.39 is 5.97 Å². The van der Waals surface area contributed by atoms with Crippen LogP contribution in [0.5, 0.6) is 0 Å². The molecule has 0 aliphatic heterocycles. The summed E-state index contributed by atoms with van der Waals surface area (Å²) < 4.78 is 11.5. The van der Waals surface area contributed by atoms with Crippen molar-refractivity contribution in [3.63, 3.8) is 0 Å². The first-order valence-electron chi connectivity index (χ1n) is 11.1. The fourth-order valence-corrected chi connectivity index (χ4v) is 4.60. The Morgan fingerprint density at radius 1 is 0.857 bits per heavy atom. The Morgan fingerprint density at radius 3 is 2.37 bits per heavy atom. The maximum atomic E-state index is 13.8. The maximum absolute atomic E-state index is 13.8. The third kappa shape index (κ3) is 4.55. The number of fused-ring (bicyclic) bond motifs is 1. The third-order valence-electron chi connectivity index (χ3n) is 5.98. The minimum absolute atomic E-state index is 0.101. The molecule has 5 heteroatoms. The van der Waals surface area contributed by atoms with Gasteiger partial charge in [-0.15, -0.1) is 0 Å². The summed E-state index contributed by atoms with van der Waals surface area (Å²) in [7, 11) is 1.33. The van der Waals surface area contributed by atoms with Crippen molar-refractivity contribution in [2.75, 3.05) is 7.11 Å². The number of hydrogen-bond donors (Lipinski definition) is 0. The number of ketones is 1. The highest BCUT2D eigenvalue weighted by Gasteiger charge is 2.22. The van der Waals surface area contributed by atoms with E-state index in [1.807, 2.05) is 54.6 Å². The van der Waals surface area contributed by atoms with Gasteiger partial charge in [-0.25, -0.2) is 4.79 Å². The normalized spacial score (nSPS) is 10.9. The molecular formula is C30H21BrO4. The summed E-state index contributed by atoms with van der Waals surface area (Å²) in [4.78, 5) is 26.1. The van der Waals surface area contributed by atoms with Crippen molar-refractivity contribution in [1.29, 1.82) is 0 Å². The second-order valence-electron chi connectivity index (χ2n) is 8.19. The molecule has 0 atom stereocenters. The lowest BCUT2D eigenvalue weighted by Gasteiger charge is -2.14. The van der Waals surface area contributed by atoms with Gasteiger partial charge in [-0.05, 0) is 70.8 Å². The molecule has 172 valence electrons. The SMILES string of the molecule is COC(=O)c1ccoc1-c1cc(C(=O)c2ccc(Br)cc2)c2c(Cc3ccccc3)cccc2c1. The molecule has 0 aliphatic carbocycles. The van der Waals surface area contributed by atoms with Gasteiger partial charge in [0.1, 0.15) is 11.3 Å². The predicted molar refractivity (Wildman–Crippen MR) is 140 cm³/mol. The van der Waals surface area contributed by atoms with Crippen LogP contribution in [-0.4, -0.2) is 18.9 Å². The van der Waals surface area contributed by atoms with Crippen LogP contribution in [0.25, 0.3) is 22.1 Å². The van der Waals surface area contributed by atoms with Crippen molar-refractivity contribution in [3.05, 3.63) is 130 Å². The molecule has 1 aromatic heterocycles. The number of hydrogen-bond acceptors (Lipinski definition) is 4. The number of ether oxygens (including phenoxy) is 1. The zero-order chi connectivity index (χ0) is 24.4. The van der Waals surface area contributed by atoms with E-state index in [4.69, 9.17) is 9.15 Å². The van der Waals surface area contributed by atoms with E-state index in [0.717, 1.165) is 26.4 Å². The molecule has 35 heavy (non-hydrogen) atoms. The van der Waals surface area contributed by atoms with Crippen LogP contribution in [0.1, 0.15) is 37.4 Å². The number of benzene rings is 4. The minimum atomic E-state index is -0.493. The average Bonchev–Trinajstić information content (AvgIpc) is 3.38. The number of halogens is 1. The van der Waals surface area contributed by atoms with E-state index in [2.05, 4.69) is 34.1 Å². The van der Waals surface area contributed by atoms with Crippen molar-refractivity contribution in [3.8, 4) is 11.3 Å². The van der Waals surface area contributed by atoms with Gasteiger partial charge < -0.3 is 9.15 Å². The minimum Gasteiger partial charge on any atom is -0.465 e. The molecule has 0 unspecified atom stereocenters. The van der Waals surface area contributed by atoms with Crippen LogP contribution >= 0.6 is 15.9 Å². The van der Waals surface area contributed by atoms with Gasteiger partial charge in [-0.1, -0.05) is 64.5 Å². The largest absolute Gasteiger partial charge is 0.465 e. The van der Waals surface area contributed by atoms with Crippen LogP contribution in [-0.2, 0) is 11.2 Å². The summed E-state index contributed by atoms with van der Waals surface area (Å²) in [5.74, 6) is -0.222. The topological polar surface area (TPSA) is 56.5 Å². The molecule has 4 nitrogen and oxygen atoms in total. The van der Waals surface area contributed by atoms with Gasteiger partial charge in [0.2, 0.25) is 0 Å². The zero-order valence-electron chi connectivity index (χ0n) is 19.0. The quantitative estimate of drug-likeness (QED) is 0.171. The molecule has 0 N–H and O–H groups in total. The van der Waals surface area contributed by atoms with Gasteiger partial charge in [0.25, 0.3) is 0 Å². The van der Waals surface area contributed by atoms with E-state index in [1.54, 1.807) is 18.2 Å². The molecule has 0 saturated heterocycles. The predicted octanol–water partition coefficient (Wildman–Crippen LogP) is 7.47. The van der Waals surface area contributed by atoms with Gasteiger partial charge in [0, 0.05) is 21.2 Å². The molecule has 0 bridgehead atoms. The van der Waals surface area contributed by atoms with E-state index >= 15 is 0 Å². The van der Waals surface area contributed by atoms with Gasteiger partial charge in [0.05, 0.1) is 13.4 Å². The summed E-state index contributed by atoms with van der Waals surface area (Å²) in [6, 6.07) is 28.8. The number of furan rings is 1. The van der Waals surface area contributed by atoms with Crippen LogP contribution in [0.2, 0.25) is 0 Å². The third-order valence-corrected chi connectivity index (χ3v) is 6.51. The molecule has 0 saturated carbocycles. The molecule has 0 amide bonds. The highest BCUT2D eigenvalue weighted by Crippen LogP contribution is 2.34. The van der Waals surface area contributed by atoms with Crippen molar-refractivity contribution < 1.29 is 18.7 Å². The van der Waals surface area contributed by atoms with Gasteiger partial charge in [-0.3, -0.25) is 4.79 Å². The number of rotatable bonds is 6. The van der Waals surface area contributed by atoms with E-state index in [9.17, 15) is 9.59 Å². The number of carbonyl (C=O) groups excluding carboxylic acids is 2. The Bertz CT molecular complexity index is 1530. The van der Waals surface area contributed by atoms with E-state index in [-0.39, 0.29) is 5.78 Å². The number of carbonyl (C=O) groups is 2. The van der Waals surface area contributed by atoms with Crippen molar-refractivity contribution in [2.24, 2.45) is 0 Å². The zero-order valence-corrected chi connectivity index (χ0v) is 20.5. The molecule has 5 rings (SSSR count). The first-order chi connectivity index (χ1) is 17.0. The van der Waals surface area contributed by atoms with Crippen LogP contribution < -0.4 is 0 Å². The first-order valence-corrected chi connectivity index (χ1v) is 11.9. The molecule has 4 aromatic carbocycles. The maximum Gasteiger partial charge on any atom is 0.341 e. The Labute approximate surface area is 211 Å². The fourth-order valence-electron chi connectivity index (χ4n) is 4.34. The Kier molecular flexibility index (Phi) is 6.34. The van der Waals surface area contributed by atoms with Gasteiger partial charge in [0.15, 0.2) is 5.78 Å². The summed E-state index contributed by atoms with van der Waals surface area (Å²) in [6.45, 7) is 0. The smallest absolute Gasteiger partial charge is 0.341 e. The van der Waals surface area contributed by atoms with Crippen LogP contribution in [0.15, 0.2) is 106 Å². The molecule has 0 fully saturated rings. The highest BCUT2D eigenvalue weighted by atomic mass is 79.9. The van der Waals surface area contributed by atoms with Crippen molar-refractivity contribution >= 4 is 38.5 Å². The lowest BCUT2D eigenvalue weighted by Crippen LogP contribution is -2.06. The summed E-state index contributed by atoms with van der Waals surface area (Å²) in [5.41, 5.74) is 4.29. The second kappa shape index (κ2) is 9.72. The monoisotopic (exact) mass is 524 g/mol. The van der Waals surface area contributed by atoms with E-state index in [1.165, 1.54) is 13.4 Å². The molecule has 0 radical (unpaired) electrons. The highest BCUT2D eigenvalue weighted by molar-refractivity contribution is 9.10. The summed E-state index contributed by atoms with van der Waals surface area (Å²) in [5, 5.41) is 1.78. The Morgan fingerprint density at radius 2 is 1.63 bits per heavy atom. The number of methoxy groups -OCH3 is 1. The van der Waals surface area contributed by atoms with Crippen molar-refractivity contribution in [1.82, 2.24) is 0 Å². The van der Waals surface area contributed by atoms with E-state index in [0.29, 0.717) is 34.4 Å². The second-order valence-corrected chi connectivity index (χ2v) is 9.11. The first kappa shape index (κ1) is 22.8. The lowest BCUT2D eigenvalue weighted by atomic mass is 9.89. The van der Waals surface area contributed by atoms with Crippen LogP contribution in [0.4, 0.5) is 0 Å². The molecular weight excluding hydrogens is 504 g/mol.